The molecule has 3 N–H and O–H groups in total. The van der Waals surface area contributed by atoms with Crippen LogP contribution in [0.4, 0.5) is 11.4 Å². The van der Waals surface area contributed by atoms with Gasteiger partial charge in [0.15, 0.2) is 0 Å². The van der Waals surface area contributed by atoms with Gasteiger partial charge in [-0.3, -0.25) is 0 Å². The molecule has 1 rings (SSSR count). The molecular weight excluding hydrogens is 216 g/mol. The van der Waals surface area contributed by atoms with Crippen LogP contribution in [0.15, 0.2) is 18.2 Å². The Bertz CT molecular complexity index is 400. The van der Waals surface area contributed by atoms with Crippen LogP contribution in [0.5, 0.6) is 0 Å². The highest BCUT2D eigenvalue weighted by atomic mass is 16.4. The van der Waals surface area contributed by atoms with E-state index in [0.29, 0.717) is 11.7 Å². The summed E-state index contributed by atoms with van der Waals surface area (Å²) in [5, 5.41) is 8.90. The normalized spacial score (nSPS) is 10.6. The SMILES string of the molecule is CCC(CC)N(C)c1ccc(C(=O)O)c(N)c1. The molecule has 0 heterocycles. The minimum absolute atomic E-state index is 0.159. The van der Waals surface area contributed by atoms with Gasteiger partial charge >= 0.3 is 5.97 Å². The Balaban J connectivity index is 3.00. The van der Waals surface area contributed by atoms with Gasteiger partial charge in [0.25, 0.3) is 0 Å². The predicted octanol–water partition coefficient (Wildman–Crippen LogP) is 2.59. The van der Waals surface area contributed by atoms with Gasteiger partial charge in [-0.15, -0.1) is 0 Å². The number of benzene rings is 1. The van der Waals surface area contributed by atoms with Crippen molar-refractivity contribution in [2.24, 2.45) is 0 Å². The lowest BCUT2D eigenvalue weighted by Gasteiger charge is -2.28. The van der Waals surface area contributed by atoms with Crippen LogP contribution < -0.4 is 10.6 Å². The summed E-state index contributed by atoms with van der Waals surface area (Å²) in [7, 11) is 2.01. The molecule has 0 radical (unpaired) electrons. The Morgan fingerprint density at radius 2 is 2.00 bits per heavy atom. The molecule has 4 nitrogen and oxygen atoms in total. The van der Waals surface area contributed by atoms with Crippen LogP contribution in [0.1, 0.15) is 37.0 Å². The van der Waals surface area contributed by atoms with Gasteiger partial charge in [-0.1, -0.05) is 13.8 Å². The first kappa shape index (κ1) is 13.4. The minimum Gasteiger partial charge on any atom is -0.478 e. The van der Waals surface area contributed by atoms with Crippen molar-refractivity contribution < 1.29 is 9.90 Å². The molecule has 0 aromatic heterocycles. The van der Waals surface area contributed by atoms with Crippen molar-refractivity contribution in [2.45, 2.75) is 32.7 Å². The van der Waals surface area contributed by atoms with E-state index in [1.54, 1.807) is 18.2 Å². The topological polar surface area (TPSA) is 66.6 Å². The van der Waals surface area contributed by atoms with E-state index in [9.17, 15) is 4.79 Å². The second kappa shape index (κ2) is 5.57. The maximum atomic E-state index is 10.9. The number of rotatable bonds is 5. The van der Waals surface area contributed by atoms with Crippen LogP contribution in [0.2, 0.25) is 0 Å². The number of hydrogen-bond acceptors (Lipinski definition) is 3. The van der Waals surface area contributed by atoms with Crippen LogP contribution in [0.25, 0.3) is 0 Å². The predicted molar refractivity (Wildman–Crippen MR) is 70.6 cm³/mol. The fourth-order valence-corrected chi connectivity index (χ4v) is 2.01. The summed E-state index contributed by atoms with van der Waals surface area (Å²) in [5.74, 6) is -0.987. The van der Waals surface area contributed by atoms with E-state index in [1.807, 2.05) is 7.05 Å². The van der Waals surface area contributed by atoms with Crippen molar-refractivity contribution in [3.63, 3.8) is 0 Å². The van der Waals surface area contributed by atoms with Gasteiger partial charge in [-0.2, -0.15) is 0 Å². The zero-order valence-electron chi connectivity index (χ0n) is 10.6. The van der Waals surface area contributed by atoms with E-state index in [0.717, 1.165) is 18.5 Å². The lowest BCUT2D eigenvalue weighted by molar-refractivity contribution is 0.0698. The van der Waals surface area contributed by atoms with Gasteiger partial charge in [-0.05, 0) is 31.0 Å². The Morgan fingerprint density at radius 3 is 2.41 bits per heavy atom. The first-order valence-electron chi connectivity index (χ1n) is 5.86. The van der Waals surface area contributed by atoms with Gasteiger partial charge in [0.05, 0.1) is 5.56 Å². The van der Waals surface area contributed by atoms with Crippen molar-refractivity contribution in [3.8, 4) is 0 Å². The fraction of sp³-hybridized carbons (Fsp3) is 0.462. The largest absolute Gasteiger partial charge is 0.478 e. The number of nitrogens with zero attached hydrogens (tertiary/aromatic N) is 1. The molecule has 0 aliphatic carbocycles. The van der Waals surface area contributed by atoms with Gasteiger partial charge in [0.2, 0.25) is 0 Å². The number of anilines is 2. The number of hydrogen-bond donors (Lipinski definition) is 2. The average Bonchev–Trinajstić information content (AvgIpc) is 2.29. The molecule has 94 valence electrons. The highest BCUT2D eigenvalue weighted by molar-refractivity contribution is 5.94. The number of carboxylic acids is 1. The molecule has 0 saturated heterocycles. The molecule has 0 spiro atoms. The van der Waals surface area contributed by atoms with Crippen molar-refractivity contribution in [3.05, 3.63) is 23.8 Å². The summed E-state index contributed by atoms with van der Waals surface area (Å²) in [6, 6.07) is 5.54. The molecule has 0 amide bonds. The highest BCUT2D eigenvalue weighted by Crippen LogP contribution is 2.23. The van der Waals surface area contributed by atoms with E-state index in [2.05, 4.69) is 18.7 Å². The van der Waals surface area contributed by atoms with E-state index in [-0.39, 0.29) is 5.56 Å². The van der Waals surface area contributed by atoms with Crippen LogP contribution in [0, 0.1) is 0 Å². The molecule has 0 unspecified atom stereocenters. The first-order valence-corrected chi connectivity index (χ1v) is 5.86. The molecular formula is C13H20N2O2. The molecule has 0 atom stereocenters. The van der Waals surface area contributed by atoms with Crippen molar-refractivity contribution >= 4 is 17.3 Å². The second-order valence-corrected chi connectivity index (χ2v) is 4.16. The summed E-state index contributed by atoms with van der Waals surface area (Å²) < 4.78 is 0. The highest BCUT2D eigenvalue weighted by Gasteiger charge is 2.14. The Morgan fingerprint density at radius 1 is 1.41 bits per heavy atom. The summed E-state index contributed by atoms with van der Waals surface area (Å²) in [5.41, 5.74) is 7.17. The summed E-state index contributed by atoms with van der Waals surface area (Å²) in [4.78, 5) is 13.0. The van der Waals surface area contributed by atoms with E-state index >= 15 is 0 Å². The van der Waals surface area contributed by atoms with E-state index < -0.39 is 5.97 Å². The third-order valence-electron chi connectivity index (χ3n) is 3.16. The number of nitrogen functional groups attached to an aromatic ring is 1. The second-order valence-electron chi connectivity index (χ2n) is 4.16. The smallest absolute Gasteiger partial charge is 0.337 e. The van der Waals surface area contributed by atoms with Crippen LogP contribution in [-0.2, 0) is 0 Å². The van der Waals surface area contributed by atoms with E-state index in [1.165, 1.54) is 0 Å². The van der Waals surface area contributed by atoms with Gasteiger partial charge in [0.1, 0.15) is 0 Å². The minimum atomic E-state index is -0.987. The maximum absolute atomic E-state index is 10.9. The maximum Gasteiger partial charge on any atom is 0.337 e. The summed E-state index contributed by atoms with van der Waals surface area (Å²) in [6.07, 6.45) is 2.10. The summed E-state index contributed by atoms with van der Waals surface area (Å²) >= 11 is 0. The molecule has 1 aromatic carbocycles. The molecule has 0 saturated carbocycles. The molecule has 1 aromatic rings. The first-order chi connectivity index (χ1) is 8.01. The number of nitrogens with two attached hydrogens (primary N) is 1. The van der Waals surface area contributed by atoms with Crippen molar-refractivity contribution in [1.29, 1.82) is 0 Å². The molecule has 0 aliphatic heterocycles. The molecule has 0 bridgehead atoms. The van der Waals surface area contributed by atoms with Gasteiger partial charge in [-0.25, -0.2) is 4.79 Å². The zero-order valence-corrected chi connectivity index (χ0v) is 10.6. The van der Waals surface area contributed by atoms with Crippen molar-refractivity contribution in [2.75, 3.05) is 17.7 Å². The monoisotopic (exact) mass is 236 g/mol. The quantitative estimate of drug-likeness (QED) is 0.771. The van der Waals surface area contributed by atoms with E-state index in [4.69, 9.17) is 10.8 Å². The van der Waals surface area contributed by atoms with Crippen LogP contribution in [0.3, 0.4) is 0 Å². The summed E-state index contributed by atoms with van der Waals surface area (Å²) in [6.45, 7) is 4.28. The lowest BCUT2D eigenvalue weighted by Crippen LogP contribution is -2.30. The number of carbonyl (C=O) groups is 1. The Hall–Kier alpha value is -1.71. The average molecular weight is 236 g/mol. The number of carboxylic acid groups (broad SMARTS) is 1. The molecule has 0 fully saturated rings. The molecule has 4 heteroatoms. The molecule has 17 heavy (non-hydrogen) atoms. The Kier molecular flexibility index (Phi) is 4.37. The third-order valence-corrected chi connectivity index (χ3v) is 3.16. The zero-order chi connectivity index (χ0) is 13.0. The third kappa shape index (κ3) is 2.90. The molecule has 0 aliphatic rings. The van der Waals surface area contributed by atoms with Crippen molar-refractivity contribution in [1.82, 2.24) is 0 Å². The fourth-order valence-electron chi connectivity index (χ4n) is 2.01. The van der Waals surface area contributed by atoms with Crippen LogP contribution >= 0.6 is 0 Å². The standard InChI is InChI=1S/C13H20N2O2/c1-4-9(5-2)15(3)10-6-7-11(13(16)17)12(14)8-10/h6-9H,4-5,14H2,1-3H3,(H,16,17). The number of aromatic carboxylic acids is 1. The van der Waals surface area contributed by atoms with Crippen LogP contribution in [-0.4, -0.2) is 24.2 Å². The lowest BCUT2D eigenvalue weighted by atomic mass is 10.1. The van der Waals surface area contributed by atoms with Gasteiger partial charge < -0.3 is 15.7 Å². The van der Waals surface area contributed by atoms with Gasteiger partial charge in [0, 0.05) is 24.5 Å². The Labute approximate surface area is 102 Å².